The van der Waals surface area contributed by atoms with E-state index >= 15 is 0 Å². The molecule has 0 radical (unpaired) electrons. The van der Waals surface area contributed by atoms with Crippen LogP contribution in [0.1, 0.15) is 82.2 Å². The number of nitrogens with one attached hydrogen (secondary N) is 1. The van der Waals surface area contributed by atoms with Crippen molar-refractivity contribution in [3.05, 3.63) is 177 Å². The van der Waals surface area contributed by atoms with Crippen molar-refractivity contribution in [2.24, 2.45) is 0 Å². The van der Waals surface area contributed by atoms with Gasteiger partial charge in [0.1, 0.15) is 17.2 Å². The van der Waals surface area contributed by atoms with Crippen LogP contribution in [-0.4, -0.2) is 83.0 Å². The predicted molar refractivity (Wildman–Crippen MR) is 227 cm³/mol. The number of ketones is 4. The Morgan fingerprint density at radius 3 is 1.15 bits per heavy atom. The quantitative estimate of drug-likeness (QED) is 0.0605. The molecule has 17 heteroatoms. The van der Waals surface area contributed by atoms with E-state index in [1.54, 1.807) is 91.0 Å². The Morgan fingerprint density at radius 1 is 0.484 bits per heavy atom. The normalized spacial score (nSPS) is 11.5. The van der Waals surface area contributed by atoms with E-state index in [9.17, 15) is 44.1 Å². The zero-order chi connectivity index (χ0) is 44.5. The molecule has 6 aromatic carbocycles. The Hall–Kier alpha value is -8.12. The van der Waals surface area contributed by atoms with Crippen LogP contribution < -0.4 is 11.1 Å². The Labute approximate surface area is 353 Å². The van der Waals surface area contributed by atoms with Gasteiger partial charge in [0.25, 0.3) is 0 Å². The molecule has 0 bridgehead atoms. The van der Waals surface area contributed by atoms with E-state index in [2.05, 4.69) is 5.32 Å². The smallest absolute Gasteiger partial charge is 0.507 e. The minimum absolute atomic E-state index is 0. The first-order valence-electron chi connectivity index (χ1n) is 17.9. The maximum Gasteiger partial charge on any atom is 0.631 e. The molecule has 0 aliphatic heterocycles. The van der Waals surface area contributed by atoms with Crippen molar-refractivity contribution in [3.8, 4) is 17.2 Å². The lowest BCUT2D eigenvalue weighted by atomic mass is 9.82. The molecule has 6 aromatic rings. The number of phenols is 3. The number of carbonyl (C=O) groups excluding carboxylic acids is 4. The highest BCUT2D eigenvalue weighted by Gasteiger charge is 2.35. The molecule has 0 atom stereocenters. The molecule has 8 rings (SSSR count). The largest absolute Gasteiger partial charge is 0.631 e. The highest BCUT2D eigenvalue weighted by atomic mass is 16.5. The van der Waals surface area contributed by atoms with E-state index in [1.807, 2.05) is 0 Å². The zero-order valence-corrected chi connectivity index (χ0v) is 31.6. The van der Waals surface area contributed by atoms with E-state index < -0.39 is 36.6 Å². The number of aromatic hydroxyl groups is 3. The van der Waals surface area contributed by atoms with E-state index in [0.29, 0.717) is 28.2 Å². The average molecular weight is 843 g/mol. The number of nitrogens with two attached hydrogens (primary N) is 1. The number of fused-ring (bicyclic) bond motifs is 4. The van der Waals surface area contributed by atoms with E-state index in [4.69, 9.17) is 31.0 Å². The summed E-state index contributed by atoms with van der Waals surface area (Å²) < 4.78 is 0. The third-order valence-corrected chi connectivity index (χ3v) is 9.01. The summed E-state index contributed by atoms with van der Waals surface area (Å²) in [6.07, 6.45) is -0.0288. The van der Waals surface area contributed by atoms with Crippen LogP contribution in [-0.2, 0) is 22.4 Å². The highest BCUT2D eigenvalue weighted by Crippen LogP contribution is 2.39. The summed E-state index contributed by atoms with van der Waals surface area (Å²) in [6, 6.07) is 31.7. The van der Waals surface area contributed by atoms with Gasteiger partial charge in [-0.1, -0.05) is 80.2 Å². The van der Waals surface area contributed by atoms with E-state index in [0.717, 1.165) is 5.56 Å². The van der Waals surface area contributed by atoms with Gasteiger partial charge in [0.15, 0.2) is 23.1 Å². The molecule has 0 aromatic heterocycles. The van der Waals surface area contributed by atoms with E-state index in [1.165, 1.54) is 30.3 Å². The first kappa shape index (κ1) is 46.6. The first-order chi connectivity index (χ1) is 29.0. The molecular formula is C45H39BN2O14. The second kappa shape index (κ2) is 20.2. The first-order valence-corrected chi connectivity index (χ1v) is 17.9. The topological polar surface area (TPSA) is 302 Å². The molecule has 62 heavy (non-hydrogen) atoms. The number of hydrogen-bond donors (Lipinski definition) is 10. The average Bonchev–Trinajstić information content (AvgIpc) is 3.22. The van der Waals surface area contributed by atoms with Crippen molar-refractivity contribution >= 4 is 59.5 Å². The molecule has 0 heterocycles. The van der Waals surface area contributed by atoms with Crippen LogP contribution in [0.2, 0.25) is 0 Å². The van der Waals surface area contributed by atoms with Gasteiger partial charge in [0.2, 0.25) is 0 Å². The lowest BCUT2D eigenvalue weighted by molar-refractivity contribution is -0.137. The van der Waals surface area contributed by atoms with Crippen LogP contribution in [0, 0.1) is 0 Å². The molecule has 2 aliphatic rings. The number of phenolic OH excluding ortho intramolecular Hbond substituents is 3. The van der Waals surface area contributed by atoms with Crippen molar-refractivity contribution in [2.45, 2.75) is 20.3 Å². The number of benzene rings is 6. The fourth-order valence-corrected chi connectivity index (χ4v) is 6.34. The second-order valence-electron chi connectivity index (χ2n) is 13.2. The van der Waals surface area contributed by atoms with Crippen molar-refractivity contribution in [1.82, 2.24) is 0 Å². The van der Waals surface area contributed by atoms with Crippen molar-refractivity contribution < 1.29 is 69.4 Å². The third-order valence-electron chi connectivity index (χ3n) is 9.01. The predicted octanol–water partition coefficient (Wildman–Crippen LogP) is 4.89. The van der Waals surface area contributed by atoms with Crippen LogP contribution >= 0.6 is 0 Å². The molecule has 11 N–H and O–H groups in total. The van der Waals surface area contributed by atoms with Gasteiger partial charge in [0.05, 0.1) is 40.8 Å². The molecule has 0 amide bonds. The van der Waals surface area contributed by atoms with E-state index in [-0.39, 0.29) is 82.2 Å². The molecular weight excluding hydrogens is 803 g/mol. The maximum atomic E-state index is 13.0. The molecule has 0 saturated heterocycles. The fraction of sp³-hybridized carbons (Fsp3) is 0.0667. The SMILES string of the molecule is C.Nc1ccc(CC(=O)O)cc1.O=C(O)Cc1ccc(Nc2ccc(O)c3c2C(=O)c2ccccc2C3=O)cc1.O=C1c2ccccc2C(=O)c2c(O)ccc(O)c21.OB(O)O. The number of carbonyl (C=O) groups is 6. The van der Waals surface area contributed by atoms with Gasteiger partial charge in [-0.15, -0.1) is 0 Å². The monoisotopic (exact) mass is 842 g/mol. The molecule has 0 fully saturated rings. The van der Waals surface area contributed by atoms with Gasteiger partial charge in [-0.25, -0.2) is 0 Å². The van der Waals surface area contributed by atoms with Crippen molar-refractivity contribution in [3.63, 3.8) is 0 Å². The maximum absolute atomic E-state index is 13.0. The molecule has 0 spiro atoms. The lowest BCUT2D eigenvalue weighted by Crippen LogP contribution is -2.22. The van der Waals surface area contributed by atoms with Crippen LogP contribution in [0.15, 0.2) is 121 Å². The summed E-state index contributed by atoms with van der Waals surface area (Å²) in [4.78, 5) is 71.3. The molecule has 2 aliphatic carbocycles. The second-order valence-corrected chi connectivity index (χ2v) is 13.2. The van der Waals surface area contributed by atoms with Gasteiger partial charge in [-0.2, -0.15) is 0 Å². The van der Waals surface area contributed by atoms with Crippen molar-refractivity contribution in [2.75, 3.05) is 11.1 Å². The summed E-state index contributed by atoms with van der Waals surface area (Å²) in [6.45, 7) is 0. The zero-order valence-electron chi connectivity index (χ0n) is 31.6. The van der Waals surface area contributed by atoms with Gasteiger partial charge < -0.3 is 51.7 Å². The van der Waals surface area contributed by atoms with Crippen LogP contribution in [0.25, 0.3) is 0 Å². The fourth-order valence-electron chi connectivity index (χ4n) is 6.34. The molecule has 0 saturated carbocycles. The lowest BCUT2D eigenvalue weighted by Gasteiger charge is -2.21. The van der Waals surface area contributed by atoms with Crippen LogP contribution in [0.4, 0.5) is 17.1 Å². The van der Waals surface area contributed by atoms with Gasteiger partial charge in [-0.05, 0) is 59.7 Å². The molecule has 0 unspecified atom stereocenters. The Bertz CT molecular complexity index is 2620. The summed E-state index contributed by atoms with van der Waals surface area (Å²) >= 11 is 0. The number of nitrogen functional groups attached to an aromatic ring is 1. The van der Waals surface area contributed by atoms with Crippen molar-refractivity contribution in [1.29, 1.82) is 0 Å². The Balaban J connectivity index is 0.000000212. The standard InChI is InChI=1S/C22H15NO5.C14H8O4.C8H9NO2.CH4.BH3O3/c24-17-10-9-16(23-13-7-5-12(6-8-13)11-18(25)26)19-20(17)22(28)15-4-2-1-3-14(15)21(19)27;15-9-5-6-10(16)12-11(9)13(17)7-3-1-2-4-8(7)14(12)18;9-7-3-1-6(2-4-7)5-8(10)11;;2-1(3)4/h1-10,23-24H,11H2,(H,25,26);1-6,15-16H;1-4H,5,9H2,(H,10,11);1H4;2-4H. The molecule has 316 valence electrons. The number of aliphatic carboxylic acids is 2. The van der Waals surface area contributed by atoms with Gasteiger partial charge >= 0.3 is 19.3 Å². The summed E-state index contributed by atoms with van der Waals surface area (Å²) in [5, 5.41) is 71.5. The summed E-state index contributed by atoms with van der Waals surface area (Å²) in [7, 11) is -2.17. The Kier molecular flexibility index (Phi) is 15.2. The highest BCUT2D eigenvalue weighted by molar-refractivity contribution is 6.32. The van der Waals surface area contributed by atoms with Crippen LogP contribution in [0.5, 0.6) is 17.2 Å². The number of hydrogen-bond acceptors (Lipinski definition) is 14. The van der Waals surface area contributed by atoms with Crippen LogP contribution in [0.3, 0.4) is 0 Å². The number of rotatable bonds is 6. The number of carboxylic acids is 2. The Morgan fingerprint density at radius 2 is 0.790 bits per heavy atom. The summed E-state index contributed by atoms with van der Waals surface area (Å²) in [5.74, 6) is -4.22. The minimum atomic E-state index is -2.17. The summed E-state index contributed by atoms with van der Waals surface area (Å²) in [5.41, 5.74) is 9.41. The number of anilines is 3. The number of carboxylic acid groups (broad SMARTS) is 2. The van der Waals surface area contributed by atoms with Gasteiger partial charge in [-0.3, -0.25) is 28.8 Å². The van der Waals surface area contributed by atoms with Gasteiger partial charge in [0, 0.05) is 33.6 Å². The molecule has 16 nitrogen and oxygen atoms in total. The minimum Gasteiger partial charge on any atom is -0.507 e. The third kappa shape index (κ3) is 10.7.